The van der Waals surface area contributed by atoms with E-state index in [2.05, 4.69) is 5.32 Å². The lowest BCUT2D eigenvalue weighted by Crippen LogP contribution is -2.41. The summed E-state index contributed by atoms with van der Waals surface area (Å²) in [5.41, 5.74) is -0.555. The zero-order valence-electron chi connectivity index (χ0n) is 15.9. The molecule has 2 aromatic rings. The van der Waals surface area contributed by atoms with E-state index in [0.29, 0.717) is 17.0 Å². The van der Waals surface area contributed by atoms with Crippen molar-refractivity contribution in [3.63, 3.8) is 0 Å². The normalized spacial score (nSPS) is 11.9. The molecule has 0 spiro atoms. The molecule has 0 aliphatic rings. The van der Waals surface area contributed by atoms with Crippen molar-refractivity contribution in [3.8, 4) is 0 Å². The predicted octanol–water partition coefficient (Wildman–Crippen LogP) is 3.46. The molecule has 1 N–H and O–H groups in total. The van der Waals surface area contributed by atoms with Gasteiger partial charge in [0.25, 0.3) is 0 Å². The summed E-state index contributed by atoms with van der Waals surface area (Å²) in [6, 6.07) is 11.6. The van der Waals surface area contributed by atoms with Crippen LogP contribution >= 0.6 is 11.6 Å². The molecule has 0 radical (unpaired) electrons. The van der Waals surface area contributed by atoms with Gasteiger partial charge in [0, 0.05) is 6.54 Å². The van der Waals surface area contributed by atoms with E-state index >= 15 is 0 Å². The number of halogens is 4. The maximum atomic E-state index is 13.0. The van der Waals surface area contributed by atoms with Gasteiger partial charge in [0.05, 0.1) is 35.7 Å². The third-order valence-electron chi connectivity index (χ3n) is 3.91. The van der Waals surface area contributed by atoms with Crippen molar-refractivity contribution in [3.05, 3.63) is 64.7 Å². The number of nitrogens with one attached hydrogen (secondary N) is 1. The Balaban J connectivity index is 1.99. The van der Waals surface area contributed by atoms with Gasteiger partial charge >= 0.3 is 6.18 Å². The van der Waals surface area contributed by atoms with Crippen molar-refractivity contribution in [2.24, 2.45) is 0 Å². The smallest absolute Gasteiger partial charge is 0.375 e. The molecule has 164 valence electrons. The third-order valence-corrected chi connectivity index (χ3v) is 5.36. The van der Waals surface area contributed by atoms with Gasteiger partial charge in [-0.3, -0.25) is 9.10 Å². The van der Waals surface area contributed by atoms with Gasteiger partial charge < -0.3 is 10.1 Å². The molecule has 0 saturated heterocycles. The second-order valence-electron chi connectivity index (χ2n) is 6.32. The Morgan fingerprint density at radius 2 is 1.83 bits per heavy atom. The molecule has 0 aliphatic carbocycles. The van der Waals surface area contributed by atoms with Crippen molar-refractivity contribution in [1.29, 1.82) is 0 Å². The molecule has 30 heavy (non-hydrogen) atoms. The zero-order valence-corrected chi connectivity index (χ0v) is 17.5. The fourth-order valence-corrected chi connectivity index (χ4v) is 3.60. The van der Waals surface area contributed by atoms with E-state index in [1.165, 1.54) is 0 Å². The fourth-order valence-electron chi connectivity index (χ4n) is 2.47. The number of carbonyl (C=O) groups excluding carboxylic acids is 1. The average molecular weight is 465 g/mol. The minimum atomic E-state index is -4.69. The lowest BCUT2D eigenvalue weighted by molar-refractivity contribution is -0.137. The Kier molecular flexibility index (Phi) is 8.10. The number of benzene rings is 2. The van der Waals surface area contributed by atoms with Crippen LogP contribution in [0.25, 0.3) is 0 Å². The van der Waals surface area contributed by atoms with Crippen molar-refractivity contribution in [1.82, 2.24) is 5.32 Å². The van der Waals surface area contributed by atoms with E-state index in [-0.39, 0.29) is 18.2 Å². The molecule has 0 bridgehead atoms. The Hall–Kier alpha value is -2.30. The molecule has 2 rings (SSSR count). The molecule has 0 aliphatic heterocycles. The number of anilines is 1. The van der Waals surface area contributed by atoms with Gasteiger partial charge in [-0.15, -0.1) is 0 Å². The van der Waals surface area contributed by atoms with E-state index in [0.717, 1.165) is 24.0 Å². The second kappa shape index (κ2) is 10.1. The first-order valence-electron chi connectivity index (χ1n) is 8.71. The fraction of sp³-hybridized carbons (Fsp3) is 0.316. The first kappa shape index (κ1) is 24.0. The highest BCUT2D eigenvalue weighted by molar-refractivity contribution is 7.92. The van der Waals surface area contributed by atoms with Gasteiger partial charge in [0.1, 0.15) is 6.54 Å². The van der Waals surface area contributed by atoms with E-state index in [9.17, 15) is 26.4 Å². The standard InChI is InChI=1S/C19H20ClF3N2O4S/c1-30(27,28)25(17-11-15(19(21,22)23)7-8-16(17)20)12-18(26)24-9-10-29-13-14-5-3-2-4-6-14/h2-8,11H,9-10,12-13H2,1H3,(H,24,26). The zero-order chi connectivity index (χ0) is 22.4. The summed E-state index contributed by atoms with van der Waals surface area (Å²) >= 11 is 5.91. The molecular formula is C19H20ClF3N2O4S. The van der Waals surface area contributed by atoms with Crippen molar-refractivity contribution >= 4 is 33.2 Å². The van der Waals surface area contributed by atoms with Gasteiger partial charge in [-0.1, -0.05) is 41.9 Å². The van der Waals surface area contributed by atoms with Crippen molar-refractivity contribution in [2.45, 2.75) is 12.8 Å². The summed E-state index contributed by atoms with van der Waals surface area (Å²) in [7, 11) is -4.08. The molecule has 0 heterocycles. The molecule has 0 atom stereocenters. The van der Waals surface area contributed by atoms with E-state index < -0.39 is 39.9 Å². The number of ether oxygens (including phenoxy) is 1. The lowest BCUT2D eigenvalue weighted by atomic mass is 10.2. The summed E-state index contributed by atoms with van der Waals surface area (Å²) in [4.78, 5) is 12.2. The van der Waals surface area contributed by atoms with Gasteiger partial charge in [-0.05, 0) is 23.8 Å². The molecule has 0 saturated carbocycles. The Morgan fingerprint density at radius 1 is 1.17 bits per heavy atom. The number of hydrogen-bond acceptors (Lipinski definition) is 4. The Bertz CT molecular complexity index is 969. The Morgan fingerprint density at radius 3 is 2.43 bits per heavy atom. The minimum absolute atomic E-state index is 0.0968. The maximum absolute atomic E-state index is 13.0. The summed E-state index contributed by atoms with van der Waals surface area (Å²) in [5, 5.41) is 2.24. The largest absolute Gasteiger partial charge is 0.416 e. The topological polar surface area (TPSA) is 75.7 Å². The monoisotopic (exact) mass is 464 g/mol. The highest BCUT2D eigenvalue weighted by atomic mass is 35.5. The highest BCUT2D eigenvalue weighted by Crippen LogP contribution is 2.36. The number of amides is 1. The van der Waals surface area contributed by atoms with Gasteiger partial charge in [0.15, 0.2) is 0 Å². The van der Waals surface area contributed by atoms with Crippen LogP contribution in [0.4, 0.5) is 18.9 Å². The lowest BCUT2D eigenvalue weighted by Gasteiger charge is -2.24. The molecular weight excluding hydrogens is 445 g/mol. The van der Waals surface area contributed by atoms with Gasteiger partial charge in [-0.25, -0.2) is 8.42 Å². The minimum Gasteiger partial charge on any atom is -0.375 e. The number of nitrogens with zero attached hydrogens (tertiary/aromatic N) is 1. The molecule has 1 amide bonds. The van der Waals surface area contributed by atoms with Crippen molar-refractivity contribution in [2.75, 3.05) is 30.3 Å². The quantitative estimate of drug-likeness (QED) is 0.577. The summed E-state index contributed by atoms with van der Waals surface area (Å²) < 4.78 is 69.1. The number of hydrogen-bond donors (Lipinski definition) is 1. The predicted molar refractivity (Wildman–Crippen MR) is 108 cm³/mol. The highest BCUT2D eigenvalue weighted by Gasteiger charge is 2.33. The molecule has 6 nitrogen and oxygen atoms in total. The van der Waals surface area contributed by atoms with Crippen LogP contribution in [0.15, 0.2) is 48.5 Å². The van der Waals surface area contributed by atoms with Crippen LogP contribution in [0.5, 0.6) is 0 Å². The van der Waals surface area contributed by atoms with Crippen LogP contribution in [-0.4, -0.2) is 40.3 Å². The number of rotatable bonds is 9. The summed E-state index contributed by atoms with van der Waals surface area (Å²) in [6.07, 6.45) is -3.92. The molecule has 2 aromatic carbocycles. The Labute approximate surface area is 177 Å². The summed E-state index contributed by atoms with van der Waals surface area (Å²) in [6.45, 7) is -0.117. The number of carbonyl (C=O) groups is 1. The van der Waals surface area contributed by atoms with Gasteiger partial charge in [0.2, 0.25) is 15.9 Å². The average Bonchev–Trinajstić information content (AvgIpc) is 2.65. The first-order chi connectivity index (χ1) is 14.0. The van der Waals surface area contributed by atoms with Crippen LogP contribution in [0.2, 0.25) is 5.02 Å². The molecule has 0 unspecified atom stereocenters. The van der Waals surface area contributed by atoms with Crippen LogP contribution in [0.1, 0.15) is 11.1 Å². The van der Waals surface area contributed by atoms with Crippen LogP contribution in [-0.2, 0) is 32.3 Å². The third kappa shape index (κ3) is 7.19. The van der Waals surface area contributed by atoms with E-state index in [4.69, 9.17) is 16.3 Å². The van der Waals surface area contributed by atoms with Crippen LogP contribution in [0, 0.1) is 0 Å². The molecule has 0 fully saturated rings. The SMILES string of the molecule is CS(=O)(=O)N(CC(=O)NCCOCc1ccccc1)c1cc(C(F)(F)F)ccc1Cl. The van der Waals surface area contributed by atoms with Gasteiger partial charge in [-0.2, -0.15) is 13.2 Å². The van der Waals surface area contributed by atoms with Crippen molar-refractivity contribution < 1.29 is 31.1 Å². The van der Waals surface area contributed by atoms with E-state index in [1.807, 2.05) is 30.3 Å². The first-order valence-corrected chi connectivity index (χ1v) is 10.9. The maximum Gasteiger partial charge on any atom is 0.416 e. The van der Waals surface area contributed by atoms with Crippen LogP contribution in [0.3, 0.4) is 0 Å². The second-order valence-corrected chi connectivity index (χ2v) is 8.64. The van der Waals surface area contributed by atoms with Crippen LogP contribution < -0.4 is 9.62 Å². The molecule has 0 aromatic heterocycles. The van der Waals surface area contributed by atoms with E-state index in [1.54, 1.807) is 0 Å². The number of alkyl halides is 3. The summed E-state index contributed by atoms with van der Waals surface area (Å²) in [5.74, 6) is -0.711. The number of sulfonamides is 1. The molecule has 11 heteroatoms.